The van der Waals surface area contributed by atoms with E-state index in [1.165, 1.54) is 12.1 Å². The first-order valence-corrected chi connectivity index (χ1v) is 14.0. The number of piperidine rings is 1. The van der Waals surface area contributed by atoms with E-state index in [0.717, 1.165) is 24.6 Å². The zero-order valence-electron chi connectivity index (χ0n) is 20.8. The normalized spacial score (nSPS) is 23.2. The Morgan fingerprint density at radius 1 is 1.32 bits per heavy atom. The van der Waals surface area contributed by atoms with Gasteiger partial charge in [0.15, 0.2) is 5.82 Å². The van der Waals surface area contributed by atoms with Gasteiger partial charge in [-0.2, -0.15) is 8.78 Å². The van der Waals surface area contributed by atoms with Crippen LogP contribution in [0.1, 0.15) is 39.2 Å². The molecule has 3 aliphatic heterocycles. The van der Waals surface area contributed by atoms with E-state index >= 15 is 0 Å². The molecule has 0 aliphatic carbocycles. The molecule has 1 spiro atoms. The number of ether oxygens (including phenoxy) is 1. The van der Waals surface area contributed by atoms with Crippen molar-refractivity contribution < 1.29 is 22.9 Å². The maximum atomic E-state index is 14.5. The minimum atomic E-state index is -3.62. The van der Waals surface area contributed by atoms with Gasteiger partial charge in [-0.25, -0.2) is 9.97 Å². The lowest BCUT2D eigenvalue weighted by Crippen LogP contribution is -2.55. The Balaban J connectivity index is 1.27. The van der Waals surface area contributed by atoms with Crippen molar-refractivity contribution >= 4 is 46.4 Å². The molecule has 13 heteroatoms. The summed E-state index contributed by atoms with van der Waals surface area (Å²) in [6.45, 7) is 8.39. The number of aromatic nitrogens is 2. The van der Waals surface area contributed by atoms with Crippen LogP contribution in [0, 0.1) is 5.41 Å². The maximum Gasteiger partial charge on any atom is 0.353 e. The van der Waals surface area contributed by atoms with Gasteiger partial charge < -0.3 is 25.2 Å². The highest BCUT2D eigenvalue weighted by Crippen LogP contribution is 2.47. The highest BCUT2D eigenvalue weighted by molar-refractivity contribution is 7.99. The van der Waals surface area contributed by atoms with E-state index < -0.39 is 23.2 Å². The molecule has 1 unspecified atom stereocenters. The molecule has 2 aromatic rings. The Morgan fingerprint density at radius 3 is 2.73 bits per heavy atom. The molecule has 5 rings (SSSR count). The number of nitrogens with one attached hydrogen (secondary N) is 2. The van der Waals surface area contributed by atoms with Crippen LogP contribution in [-0.4, -0.2) is 57.5 Å². The summed E-state index contributed by atoms with van der Waals surface area (Å²) in [5.41, 5.74) is 5.81. The number of carbonyl (C=O) groups excluding carboxylic acids is 1. The Morgan fingerprint density at radius 2 is 2.05 bits per heavy atom. The Labute approximate surface area is 221 Å². The third kappa shape index (κ3) is 4.87. The summed E-state index contributed by atoms with van der Waals surface area (Å²) in [6.07, 6.45) is 3.25. The molecule has 200 valence electrons. The monoisotopic (exact) mass is 552 g/mol. The fourth-order valence-electron chi connectivity index (χ4n) is 4.87. The van der Waals surface area contributed by atoms with Gasteiger partial charge in [0.25, 0.3) is 5.91 Å². The SMILES string of the molecule is CC(C)(C)[S+]([O-])N[C@@H]1COCC12CCN(c1cnc(Sc3cccc4c3C(F)(F)C(=O)N4)c(N)n1)CC2. The van der Waals surface area contributed by atoms with E-state index in [1.807, 2.05) is 20.8 Å². The average molecular weight is 553 g/mol. The number of alkyl halides is 2. The van der Waals surface area contributed by atoms with E-state index in [-0.39, 0.29) is 38.2 Å². The molecule has 4 N–H and O–H groups in total. The van der Waals surface area contributed by atoms with E-state index in [1.54, 1.807) is 12.3 Å². The smallest absolute Gasteiger partial charge is 0.353 e. The summed E-state index contributed by atoms with van der Waals surface area (Å²) in [6, 6.07) is 4.56. The van der Waals surface area contributed by atoms with Gasteiger partial charge in [0.1, 0.15) is 15.6 Å². The summed E-state index contributed by atoms with van der Waals surface area (Å²) >= 11 is -0.224. The summed E-state index contributed by atoms with van der Waals surface area (Å²) in [7, 11) is 0. The Kier molecular flexibility index (Phi) is 6.80. The molecule has 1 aromatic heterocycles. The number of amides is 1. The number of hydrogen-bond donors (Lipinski definition) is 3. The van der Waals surface area contributed by atoms with E-state index in [4.69, 9.17) is 10.5 Å². The number of hydrogen-bond acceptors (Lipinski definition) is 9. The van der Waals surface area contributed by atoms with Crippen LogP contribution >= 0.6 is 11.8 Å². The second-order valence-electron chi connectivity index (χ2n) is 10.6. The first kappa shape index (κ1) is 26.4. The number of carbonyl (C=O) groups is 1. The second kappa shape index (κ2) is 9.53. The fraction of sp³-hybridized carbons (Fsp3) is 0.542. The van der Waals surface area contributed by atoms with Crippen LogP contribution in [0.3, 0.4) is 0 Å². The molecule has 37 heavy (non-hydrogen) atoms. The first-order chi connectivity index (χ1) is 17.4. The summed E-state index contributed by atoms with van der Waals surface area (Å²) in [5, 5.41) is 2.51. The number of nitrogen functional groups attached to an aromatic ring is 1. The molecule has 1 amide bonds. The summed E-state index contributed by atoms with van der Waals surface area (Å²) < 4.78 is 50.3. The van der Waals surface area contributed by atoms with E-state index in [9.17, 15) is 18.1 Å². The van der Waals surface area contributed by atoms with E-state index in [0.29, 0.717) is 37.1 Å². The van der Waals surface area contributed by atoms with Gasteiger partial charge >= 0.3 is 5.92 Å². The zero-order valence-corrected chi connectivity index (χ0v) is 22.5. The third-order valence-electron chi connectivity index (χ3n) is 7.13. The predicted molar refractivity (Wildman–Crippen MR) is 139 cm³/mol. The topological polar surface area (TPSA) is 128 Å². The summed E-state index contributed by atoms with van der Waals surface area (Å²) in [5.74, 6) is -4.23. The maximum absolute atomic E-state index is 14.5. The lowest BCUT2D eigenvalue weighted by molar-refractivity contribution is -0.139. The molecule has 2 saturated heterocycles. The highest BCUT2D eigenvalue weighted by Gasteiger charge is 2.51. The van der Waals surface area contributed by atoms with Gasteiger partial charge in [0.2, 0.25) is 0 Å². The molecular weight excluding hydrogens is 522 g/mol. The van der Waals surface area contributed by atoms with Gasteiger partial charge in [-0.1, -0.05) is 17.8 Å². The van der Waals surface area contributed by atoms with Crippen molar-refractivity contribution in [2.24, 2.45) is 5.41 Å². The fourth-order valence-corrected chi connectivity index (χ4v) is 6.75. The van der Waals surface area contributed by atoms with Crippen molar-refractivity contribution in [3.63, 3.8) is 0 Å². The molecule has 4 heterocycles. The molecular formula is C24H30F2N6O3S2. The van der Waals surface area contributed by atoms with Gasteiger partial charge in [0.05, 0.1) is 36.7 Å². The molecule has 0 saturated carbocycles. The number of nitrogens with two attached hydrogens (primary N) is 1. The van der Waals surface area contributed by atoms with Crippen LogP contribution in [0.25, 0.3) is 0 Å². The predicted octanol–water partition coefficient (Wildman–Crippen LogP) is 3.29. The Hall–Kier alpha value is -2.19. The van der Waals surface area contributed by atoms with Crippen LogP contribution < -0.4 is 20.7 Å². The number of benzene rings is 1. The molecule has 0 bridgehead atoms. The van der Waals surface area contributed by atoms with Crippen molar-refractivity contribution in [1.29, 1.82) is 0 Å². The van der Waals surface area contributed by atoms with Crippen molar-refractivity contribution in [3.05, 3.63) is 30.0 Å². The lowest BCUT2D eigenvalue weighted by atomic mass is 9.75. The number of nitrogens with zero attached hydrogens (tertiary/aromatic N) is 3. The quantitative estimate of drug-likeness (QED) is 0.479. The van der Waals surface area contributed by atoms with Crippen LogP contribution in [0.4, 0.5) is 26.1 Å². The van der Waals surface area contributed by atoms with Gasteiger partial charge in [-0.15, -0.1) is 4.72 Å². The zero-order chi connectivity index (χ0) is 26.6. The minimum absolute atomic E-state index is 0.0109. The number of fused-ring (bicyclic) bond motifs is 1. The number of rotatable bonds is 5. The largest absolute Gasteiger partial charge is 0.598 e. The minimum Gasteiger partial charge on any atom is -0.598 e. The summed E-state index contributed by atoms with van der Waals surface area (Å²) in [4.78, 5) is 22.9. The Bertz CT molecular complexity index is 1200. The molecule has 9 nitrogen and oxygen atoms in total. The van der Waals surface area contributed by atoms with Gasteiger partial charge in [-0.05, 0) is 45.7 Å². The van der Waals surface area contributed by atoms with Crippen LogP contribution in [0.5, 0.6) is 0 Å². The second-order valence-corrected chi connectivity index (χ2v) is 13.7. The van der Waals surface area contributed by atoms with Crippen LogP contribution in [0.15, 0.2) is 34.3 Å². The van der Waals surface area contributed by atoms with Crippen molar-refractivity contribution in [1.82, 2.24) is 14.7 Å². The third-order valence-corrected chi connectivity index (χ3v) is 9.81. The number of halogens is 2. The molecule has 3 aliphatic rings. The van der Waals surface area contributed by atoms with Crippen LogP contribution in [0.2, 0.25) is 0 Å². The van der Waals surface area contributed by atoms with Crippen molar-refractivity contribution in [2.45, 2.75) is 60.2 Å². The standard InChI is InChI=1S/C24H30F2N6O3S2/c1-22(2,3)37(34)31-16-12-35-13-23(16)7-9-32(10-8-23)17-11-28-20(19(27)30-17)36-15-6-4-5-14-18(15)24(25,26)21(33)29-14/h4-6,11,16,31H,7-10,12-13H2,1-3H3,(H2,27,30)(H,29,33)/t16-,37?/m1/s1. The van der Waals surface area contributed by atoms with E-state index in [2.05, 4.69) is 24.9 Å². The first-order valence-electron chi connectivity index (χ1n) is 12.0. The molecule has 2 atom stereocenters. The average Bonchev–Trinajstić information content (AvgIpc) is 3.32. The van der Waals surface area contributed by atoms with Gasteiger partial charge in [-0.3, -0.25) is 4.79 Å². The number of anilines is 3. The lowest BCUT2D eigenvalue weighted by Gasteiger charge is -2.42. The van der Waals surface area contributed by atoms with Gasteiger partial charge in [0, 0.05) is 34.8 Å². The molecule has 0 radical (unpaired) electrons. The molecule has 1 aromatic carbocycles. The van der Waals surface area contributed by atoms with Crippen LogP contribution in [-0.2, 0) is 26.8 Å². The van der Waals surface area contributed by atoms with Crippen molar-refractivity contribution in [2.75, 3.05) is 42.3 Å². The highest BCUT2D eigenvalue weighted by atomic mass is 32.2. The van der Waals surface area contributed by atoms with Crippen molar-refractivity contribution in [3.8, 4) is 0 Å². The molecule has 2 fully saturated rings.